The molecule has 0 bridgehead atoms. The van der Waals surface area contributed by atoms with E-state index in [0.29, 0.717) is 0 Å². The van der Waals surface area contributed by atoms with Crippen molar-refractivity contribution in [3.63, 3.8) is 0 Å². The van der Waals surface area contributed by atoms with Crippen LogP contribution in [0.2, 0.25) is 0 Å². The minimum Gasteiger partial charge on any atom is -0.348 e. The second-order valence-electron chi connectivity index (χ2n) is 5.81. The third-order valence-electron chi connectivity index (χ3n) is 4.02. The Morgan fingerprint density at radius 2 is 1.95 bits per heavy atom. The summed E-state index contributed by atoms with van der Waals surface area (Å²) in [7, 11) is 0. The molecular formula is C16H24N2O3. The monoisotopic (exact) mass is 292 g/mol. The van der Waals surface area contributed by atoms with Gasteiger partial charge in [-0.3, -0.25) is 4.79 Å². The summed E-state index contributed by atoms with van der Waals surface area (Å²) in [5.41, 5.74) is 1.17. The highest BCUT2D eigenvalue weighted by atomic mass is 16.7. The number of rotatable bonds is 4. The standard InChI is InChI=1S/C16H24N2O3/c1-12(19)21-18-15(13-8-4-2-5-9-13)16(20)17-14-10-6-3-7-11-14/h8,14H,2-7,9-11H2,1H3,(H,17,20)/b18-15+. The maximum Gasteiger partial charge on any atom is 0.332 e. The van der Waals surface area contributed by atoms with Crippen molar-refractivity contribution in [3.05, 3.63) is 11.6 Å². The Morgan fingerprint density at radius 1 is 1.19 bits per heavy atom. The van der Waals surface area contributed by atoms with Crippen LogP contribution in [0.3, 0.4) is 0 Å². The zero-order valence-electron chi connectivity index (χ0n) is 12.7. The van der Waals surface area contributed by atoms with Gasteiger partial charge in [0.1, 0.15) is 0 Å². The van der Waals surface area contributed by atoms with Gasteiger partial charge in [0.15, 0.2) is 5.71 Å². The Balaban J connectivity index is 2.06. The molecule has 2 aliphatic carbocycles. The van der Waals surface area contributed by atoms with E-state index in [4.69, 9.17) is 4.84 Å². The van der Waals surface area contributed by atoms with Gasteiger partial charge in [0.05, 0.1) is 0 Å². The number of nitrogens with zero attached hydrogens (tertiary/aromatic N) is 1. The molecule has 2 aliphatic rings. The Morgan fingerprint density at radius 3 is 2.57 bits per heavy atom. The van der Waals surface area contributed by atoms with Gasteiger partial charge >= 0.3 is 5.97 Å². The molecule has 5 nitrogen and oxygen atoms in total. The lowest BCUT2D eigenvalue weighted by molar-refractivity contribution is -0.140. The van der Waals surface area contributed by atoms with Crippen LogP contribution >= 0.6 is 0 Å². The molecule has 2 rings (SSSR count). The van der Waals surface area contributed by atoms with E-state index in [1.807, 2.05) is 6.08 Å². The first-order valence-corrected chi connectivity index (χ1v) is 7.92. The fraction of sp³-hybridized carbons (Fsp3) is 0.688. The number of carbonyl (C=O) groups is 2. The van der Waals surface area contributed by atoms with Crippen LogP contribution in [0.15, 0.2) is 16.8 Å². The molecule has 0 heterocycles. The van der Waals surface area contributed by atoms with Gasteiger partial charge < -0.3 is 10.2 Å². The normalized spacial score (nSPS) is 20.6. The van der Waals surface area contributed by atoms with Crippen LogP contribution < -0.4 is 5.32 Å². The van der Waals surface area contributed by atoms with Crippen molar-refractivity contribution in [2.45, 2.75) is 70.8 Å². The predicted molar refractivity (Wildman–Crippen MR) is 80.8 cm³/mol. The molecule has 0 aromatic rings. The zero-order chi connectivity index (χ0) is 15.1. The summed E-state index contributed by atoms with van der Waals surface area (Å²) >= 11 is 0. The van der Waals surface area contributed by atoms with Crippen molar-refractivity contribution in [2.75, 3.05) is 0 Å². The summed E-state index contributed by atoms with van der Waals surface area (Å²) in [6.45, 7) is 1.29. The van der Waals surface area contributed by atoms with Gasteiger partial charge in [0.25, 0.3) is 5.91 Å². The molecule has 0 unspecified atom stereocenters. The third kappa shape index (κ3) is 4.99. The lowest BCUT2D eigenvalue weighted by Gasteiger charge is -2.23. The summed E-state index contributed by atoms with van der Waals surface area (Å²) in [6.07, 6.45) is 11.6. The number of hydrogen-bond donors (Lipinski definition) is 1. The van der Waals surface area contributed by atoms with E-state index in [9.17, 15) is 9.59 Å². The smallest absolute Gasteiger partial charge is 0.332 e. The molecule has 5 heteroatoms. The summed E-state index contributed by atoms with van der Waals surface area (Å²) in [6, 6.07) is 0.220. The number of amides is 1. The fourth-order valence-corrected chi connectivity index (χ4v) is 2.91. The van der Waals surface area contributed by atoms with E-state index in [-0.39, 0.29) is 17.7 Å². The van der Waals surface area contributed by atoms with Gasteiger partial charge in [-0.15, -0.1) is 0 Å². The summed E-state index contributed by atoms with van der Waals surface area (Å²) in [5.74, 6) is -0.717. The molecular weight excluding hydrogens is 268 g/mol. The van der Waals surface area contributed by atoms with Crippen molar-refractivity contribution in [3.8, 4) is 0 Å². The van der Waals surface area contributed by atoms with Crippen molar-refractivity contribution in [2.24, 2.45) is 5.16 Å². The molecule has 0 aliphatic heterocycles. The minimum absolute atomic E-state index is 0.212. The number of oxime groups is 1. The first-order valence-electron chi connectivity index (χ1n) is 7.92. The second-order valence-corrected chi connectivity index (χ2v) is 5.81. The van der Waals surface area contributed by atoms with Gasteiger partial charge in [0.2, 0.25) is 0 Å². The van der Waals surface area contributed by atoms with Crippen LogP contribution in [0.1, 0.15) is 64.7 Å². The molecule has 0 aromatic carbocycles. The minimum atomic E-state index is -0.505. The molecule has 116 valence electrons. The Labute approximate surface area is 125 Å². The quantitative estimate of drug-likeness (QED) is 0.492. The highest BCUT2D eigenvalue weighted by molar-refractivity contribution is 6.45. The maximum atomic E-state index is 12.4. The molecule has 0 aromatic heterocycles. The van der Waals surface area contributed by atoms with E-state index < -0.39 is 5.97 Å². The number of nitrogens with one attached hydrogen (secondary N) is 1. The van der Waals surface area contributed by atoms with E-state index in [0.717, 1.165) is 56.9 Å². The molecule has 1 saturated carbocycles. The lowest BCUT2D eigenvalue weighted by atomic mass is 9.93. The molecule has 1 amide bonds. The first-order chi connectivity index (χ1) is 10.2. The Hall–Kier alpha value is -1.65. The van der Waals surface area contributed by atoms with E-state index in [1.165, 1.54) is 13.3 Å². The van der Waals surface area contributed by atoms with Gasteiger partial charge in [-0.1, -0.05) is 30.5 Å². The highest BCUT2D eigenvalue weighted by Gasteiger charge is 2.23. The van der Waals surface area contributed by atoms with E-state index in [1.54, 1.807) is 0 Å². The largest absolute Gasteiger partial charge is 0.348 e. The molecule has 0 spiro atoms. The highest BCUT2D eigenvalue weighted by Crippen LogP contribution is 2.21. The van der Waals surface area contributed by atoms with Gasteiger partial charge in [-0.25, -0.2) is 4.79 Å². The first kappa shape index (κ1) is 15.7. The zero-order valence-corrected chi connectivity index (χ0v) is 12.7. The fourth-order valence-electron chi connectivity index (χ4n) is 2.91. The average Bonchev–Trinajstić information content (AvgIpc) is 2.49. The van der Waals surface area contributed by atoms with Crippen LogP contribution in [-0.2, 0) is 14.4 Å². The van der Waals surface area contributed by atoms with Crippen molar-refractivity contribution < 1.29 is 14.4 Å². The topological polar surface area (TPSA) is 67.8 Å². The molecule has 21 heavy (non-hydrogen) atoms. The molecule has 0 saturated heterocycles. The number of carbonyl (C=O) groups excluding carboxylic acids is 2. The number of allylic oxidation sites excluding steroid dienone is 1. The van der Waals surface area contributed by atoms with E-state index in [2.05, 4.69) is 10.5 Å². The van der Waals surface area contributed by atoms with Crippen LogP contribution in [0.4, 0.5) is 0 Å². The predicted octanol–water partition coefficient (Wildman–Crippen LogP) is 2.85. The van der Waals surface area contributed by atoms with Gasteiger partial charge in [-0.05, 0) is 44.1 Å². The van der Waals surface area contributed by atoms with Crippen molar-refractivity contribution in [1.29, 1.82) is 0 Å². The second kappa shape index (κ2) is 7.96. The maximum absolute atomic E-state index is 12.4. The average molecular weight is 292 g/mol. The summed E-state index contributed by atoms with van der Waals surface area (Å²) < 4.78 is 0. The van der Waals surface area contributed by atoms with Crippen LogP contribution in [-0.4, -0.2) is 23.6 Å². The van der Waals surface area contributed by atoms with Crippen LogP contribution in [0.5, 0.6) is 0 Å². The summed E-state index contributed by atoms with van der Waals surface area (Å²) in [4.78, 5) is 28.1. The van der Waals surface area contributed by atoms with Gasteiger partial charge in [0, 0.05) is 13.0 Å². The van der Waals surface area contributed by atoms with E-state index >= 15 is 0 Å². The third-order valence-corrected chi connectivity index (χ3v) is 4.02. The Bertz CT molecular complexity index is 448. The van der Waals surface area contributed by atoms with Crippen LogP contribution in [0, 0.1) is 0 Å². The van der Waals surface area contributed by atoms with Crippen LogP contribution in [0.25, 0.3) is 0 Å². The molecule has 1 fully saturated rings. The van der Waals surface area contributed by atoms with Crippen molar-refractivity contribution >= 4 is 17.6 Å². The summed E-state index contributed by atoms with van der Waals surface area (Å²) in [5, 5.41) is 6.84. The molecule has 1 N–H and O–H groups in total. The SMILES string of the molecule is CC(=O)O/N=C(/C(=O)NC1CCCCC1)C1=CCCCC1. The van der Waals surface area contributed by atoms with Crippen molar-refractivity contribution in [1.82, 2.24) is 5.32 Å². The number of hydrogen-bond acceptors (Lipinski definition) is 4. The van der Waals surface area contributed by atoms with Gasteiger partial charge in [-0.2, -0.15) is 0 Å². The Kier molecular flexibility index (Phi) is 5.96. The lowest BCUT2D eigenvalue weighted by Crippen LogP contribution is -2.41. The molecule has 0 atom stereocenters. The molecule has 0 radical (unpaired) electrons.